The Hall–Kier alpha value is -4.20. The van der Waals surface area contributed by atoms with Gasteiger partial charge in [0.15, 0.2) is 5.69 Å². The van der Waals surface area contributed by atoms with E-state index in [2.05, 4.69) is 22.4 Å². The quantitative estimate of drug-likeness (QED) is 0.572. The zero-order chi connectivity index (χ0) is 24.6. The van der Waals surface area contributed by atoms with E-state index in [1.54, 1.807) is 19.1 Å². The van der Waals surface area contributed by atoms with Crippen LogP contribution < -0.4 is 5.32 Å². The highest BCUT2D eigenvalue weighted by molar-refractivity contribution is 6.01. The molecule has 178 valence electrons. The van der Waals surface area contributed by atoms with Gasteiger partial charge in [-0.15, -0.1) is 0 Å². The molecule has 2 N–H and O–H groups in total. The summed E-state index contributed by atoms with van der Waals surface area (Å²) >= 11 is 0. The highest BCUT2D eigenvalue weighted by Gasteiger charge is 2.43. The Morgan fingerprint density at radius 3 is 2.34 bits per heavy atom. The van der Waals surface area contributed by atoms with Crippen LogP contribution in [0.2, 0.25) is 0 Å². The molecule has 2 amide bonds. The number of nitrogens with one attached hydrogen (secondary N) is 1. The van der Waals surface area contributed by atoms with Gasteiger partial charge in [0.1, 0.15) is 6.61 Å². The molecule has 2 heterocycles. The van der Waals surface area contributed by atoms with Gasteiger partial charge in [-0.2, -0.15) is 0 Å². The number of carbonyl (C=O) groups excluding carboxylic acids is 2. The highest BCUT2D eigenvalue weighted by atomic mass is 16.5. The minimum atomic E-state index is -0.995. The molecule has 8 nitrogen and oxygen atoms in total. The van der Waals surface area contributed by atoms with E-state index in [4.69, 9.17) is 4.74 Å². The molecule has 0 bridgehead atoms. The van der Waals surface area contributed by atoms with Crippen molar-refractivity contribution in [3.8, 4) is 11.1 Å². The SMILES string of the molecule is CC1(C(=O)O)CCN(C(=O)c2ncccc2NC(=O)OCC2c3ccccc3-c3ccccc32)C1. The van der Waals surface area contributed by atoms with Crippen molar-refractivity contribution in [2.45, 2.75) is 19.3 Å². The van der Waals surface area contributed by atoms with E-state index in [0.29, 0.717) is 13.0 Å². The van der Waals surface area contributed by atoms with E-state index in [1.165, 1.54) is 11.1 Å². The van der Waals surface area contributed by atoms with Gasteiger partial charge >= 0.3 is 12.1 Å². The Kier molecular flexibility index (Phi) is 5.72. The van der Waals surface area contributed by atoms with Crippen LogP contribution in [0.15, 0.2) is 66.9 Å². The monoisotopic (exact) mass is 471 g/mol. The summed E-state index contributed by atoms with van der Waals surface area (Å²) in [5, 5.41) is 12.1. The van der Waals surface area contributed by atoms with E-state index in [0.717, 1.165) is 22.3 Å². The smallest absolute Gasteiger partial charge is 0.411 e. The normalized spacial score (nSPS) is 18.6. The number of nitrogens with zero attached hydrogens (tertiary/aromatic N) is 2. The molecule has 1 aliphatic carbocycles. The van der Waals surface area contributed by atoms with Gasteiger partial charge in [0.2, 0.25) is 0 Å². The zero-order valence-electron chi connectivity index (χ0n) is 19.2. The Labute approximate surface area is 202 Å². The van der Waals surface area contributed by atoms with Gasteiger partial charge < -0.3 is 14.7 Å². The molecule has 5 rings (SSSR count). The van der Waals surface area contributed by atoms with Crippen molar-refractivity contribution >= 4 is 23.7 Å². The number of carboxylic acids is 1. The average Bonchev–Trinajstić information content (AvgIpc) is 3.42. The lowest BCUT2D eigenvalue weighted by Gasteiger charge is -2.21. The van der Waals surface area contributed by atoms with Gasteiger partial charge in [-0.1, -0.05) is 48.5 Å². The van der Waals surface area contributed by atoms with Crippen LogP contribution in [0.1, 0.15) is 40.9 Å². The highest BCUT2D eigenvalue weighted by Crippen LogP contribution is 2.44. The molecule has 0 radical (unpaired) electrons. The molecule has 0 saturated carbocycles. The largest absolute Gasteiger partial charge is 0.481 e. The number of fused-ring (bicyclic) bond motifs is 3. The number of hydrogen-bond acceptors (Lipinski definition) is 5. The fourth-order valence-corrected chi connectivity index (χ4v) is 4.88. The first-order valence-corrected chi connectivity index (χ1v) is 11.5. The van der Waals surface area contributed by atoms with E-state index in [9.17, 15) is 19.5 Å². The van der Waals surface area contributed by atoms with Crippen LogP contribution in [-0.4, -0.2) is 52.7 Å². The number of pyridine rings is 1. The predicted molar refractivity (Wildman–Crippen MR) is 129 cm³/mol. The third-order valence-electron chi connectivity index (χ3n) is 6.87. The summed E-state index contributed by atoms with van der Waals surface area (Å²) in [6.07, 6.45) is 1.13. The Morgan fingerprint density at radius 2 is 1.71 bits per heavy atom. The van der Waals surface area contributed by atoms with Crippen LogP contribution in [-0.2, 0) is 9.53 Å². The summed E-state index contributed by atoms with van der Waals surface area (Å²) in [7, 11) is 0. The van der Waals surface area contributed by atoms with E-state index in [1.807, 2.05) is 36.4 Å². The molecule has 1 unspecified atom stereocenters. The number of aromatic nitrogens is 1. The third-order valence-corrected chi connectivity index (χ3v) is 6.87. The van der Waals surface area contributed by atoms with Crippen molar-refractivity contribution in [3.63, 3.8) is 0 Å². The minimum absolute atomic E-state index is 0.0515. The maximum atomic E-state index is 13.1. The number of benzene rings is 2. The van der Waals surface area contributed by atoms with Crippen LogP contribution in [0.5, 0.6) is 0 Å². The average molecular weight is 472 g/mol. The molecule has 8 heteroatoms. The van der Waals surface area contributed by atoms with Crippen LogP contribution >= 0.6 is 0 Å². The Bertz CT molecular complexity index is 1280. The fraction of sp³-hybridized carbons (Fsp3) is 0.259. The van der Waals surface area contributed by atoms with Crippen molar-refractivity contribution in [3.05, 3.63) is 83.7 Å². The number of hydrogen-bond donors (Lipinski definition) is 2. The first-order chi connectivity index (χ1) is 16.9. The number of amides is 2. The molecule has 3 aromatic rings. The van der Waals surface area contributed by atoms with E-state index < -0.39 is 23.4 Å². The predicted octanol–water partition coefficient (Wildman–Crippen LogP) is 4.38. The Morgan fingerprint density at radius 1 is 1.06 bits per heavy atom. The molecule has 1 aliphatic heterocycles. The fourth-order valence-electron chi connectivity index (χ4n) is 4.88. The van der Waals surface area contributed by atoms with E-state index >= 15 is 0 Å². The molecule has 1 aromatic heterocycles. The number of likely N-dealkylation sites (tertiary alicyclic amines) is 1. The van der Waals surface area contributed by atoms with E-state index in [-0.39, 0.29) is 30.5 Å². The van der Waals surface area contributed by atoms with Crippen molar-refractivity contribution in [2.24, 2.45) is 5.41 Å². The molecule has 1 saturated heterocycles. The molecule has 2 aliphatic rings. The maximum absolute atomic E-state index is 13.1. The van der Waals surface area contributed by atoms with Crippen LogP contribution in [0.4, 0.5) is 10.5 Å². The number of carboxylic acid groups (broad SMARTS) is 1. The second-order valence-electron chi connectivity index (χ2n) is 9.19. The lowest BCUT2D eigenvalue weighted by Crippen LogP contribution is -2.35. The number of carbonyl (C=O) groups is 3. The van der Waals surface area contributed by atoms with Gasteiger partial charge in [0, 0.05) is 25.2 Å². The molecule has 1 atom stereocenters. The van der Waals surface area contributed by atoms with Crippen molar-refractivity contribution in [1.29, 1.82) is 0 Å². The van der Waals surface area contributed by atoms with Crippen molar-refractivity contribution in [2.75, 3.05) is 25.0 Å². The van der Waals surface area contributed by atoms with Gasteiger partial charge in [-0.05, 0) is 47.7 Å². The van der Waals surface area contributed by atoms with Gasteiger partial charge in [0.25, 0.3) is 5.91 Å². The summed E-state index contributed by atoms with van der Waals surface area (Å²) in [6, 6.07) is 19.3. The second-order valence-corrected chi connectivity index (χ2v) is 9.19. The molecule has 0 spiro atoms. The van der Waals surface area contributed by atoms with Crippen LogP contribution in [0.25, 0.3) is 11.1 Å². The standard InChI is InChI=1S/C27H25N3O5/c1-27(25(32)33)12-14-30(16-27)24(31)23-22(11-6-13-28-23)29-26(34)35-15-21-19-9-4-2-7-17(19)18-8-3-5-10-20(18)21/h2-11,13,21H,12,14-16H2,1H3,(H,29,34)(H,32,33). The first kappa shape index (κ1) is 22.6. The zero-order valence-corrected chi connectivity index (χ0v) is 19.2. The number of rotatable bonds is 5. The third kappa shape index (κ3) is 4.12. The van der Waals surface area contributed by atoms with Crippen LogP contribution in [0.3, 0.4) is 0 Å². The second kappa shape index (κ2) is 8.87. The summed E-state index contributed by atoms with van der Waals surface area (Å²) < 4.78 is 5.59. The summed E-state index contributed by atoms with van der Waals surface area (Å²) in [5.41, 5.74) is 3.76. The minimum Gasteiger partial charge on any atom is -0.481 e. The molecule has 1 fully saturated rings. The lowest BCUT2D eigenvalue weighted by molar-refractivity contribution is -0.147. The summed E-state index contributed by atoms with van der Waals surface area (Å²) in [4.78, 5) is 43.0. The first-order valence-electron chi connectivity index (χ1n) is 11.5. The molecular formula is C27H25N3O5. The lowest BCUT2D eigenvalue weighted by atomic mass is 9.90. The van der Waals surface area contributed by atoms with Gasteiger partial charge in [-0.25, -0.2) is 9.78 Å². The number of aliphatic carboxylic acids is 1. The maximum Gasteiger partial charge on any atom is 0.411 e. The molecule has 35 heavy (non-hydrogen) atoms. The van der Waals surface area contributed by atoms with Crippen molar-refractivity contribution < 1.29 is 24.2 Å². The number of anilines is 1. The van der Waals surface area contributed by atoms with Gasteiger partial charge in [0.05, 0.1) is 11.1 Å². The topological polar surface area (TPSA) is 109 Å². The Balaban J connectivity index is 1.28. The molecule has 2 aromatic carbocycles. The summed E-state index contributed by atoms with van der Waals surface area (Å²) in [5.74, 6) is -1.45. The van der Waals surface area contributed by atoms with Gasteiger partial charge in [-0.3, -0.25) is 14.9 Å². The number of ether oxygens (including phenoxy) is 1. The summed E-state index contributed by atoms with van der Waals surface area (Å²) in [6.45, 7) is 2.16. The van der Waals surface area contributed by atoms with Crippen LogP contribution in [0, 0.1) is 5.41 Å². The van der Waals surface area contributed by atoms with Crippen molar-refractivity contribution in [1.82, 2.24) is 9.88 Å². The molecular weight excluding hydrogens is 446 g/mol.